The Kier molecular flexibility index (Phi) is 6.50. The first kappa shape index (κ1) is 22.6. The highest BCUT2D eigenvalue weighted by Gasteiger charge is 2.34. The van der Waals surface area contributed by atoms with Gasteiger partial charge in [-0.2, -0.15) is 10.1 Å². The van der Waals surface area contributed by atoms with E-state index in [1.54, 1.807) is 10.6 Å². The molecule has 2 aromatic heterocycles. The summed E-state index contributed by atoms with van der Waals surface area (Å²) in [4.78, 5) is 46.9. The highest BCUT2D eigenvalue weighted by molar-refractivity contribution is 8.18. The topological polar surface area (TPSA) is 110 Å². The lowest BCUT2D eigenvalue weighted by molar-refractivity contribution is -0.124. The summed E-state index contributed by atoms with van der Waals surface area (Å²) < 4.78 is 14.7. The van der Waals surface area contributed by atoms with Crippen molar-refractivity contribution in [3.05, 3.63) is 63.8 Å². The second-order valence-electron chi connectivity index (χ2n) is 7.47. The van der Waals surface area contributed by atoms with Gasteiger partial charge in [0.2, 0.25) is 5.91 Å². The lowest BCUT2D eigenvalue weighted by atomic mass is 10.1. The van der Waals surface area contributed by atoms with Crippen LogP contribution in [0, 0.1) is 19.7 Å². The summed E-state index contributed by atoms with van der Waals surface area (Å²) in [7, 11) is 0. The van der Waals surface area contributed by atoms with Crippen LogP contribution in [-0.4, -0.2) is 54.6 Å². The summed E-state index contributed by atoms with van der Waals surface area (Å²) in [6.45, 7) is 4.00. The van der Waals surface area contributed by atoms with Gasteiger partial charge in [0, 0.05) is 30.9 Å². The largest absolute Gasteiger partial charge is 0.354 e. The molecule has 0 saturated carbocycles. The second kappa shape index (κ2) is 9.49. The summed E-state index contributed by atoms with van der Waals surface area (Å²) >= 11 is 0.824. The standard InChI is InChI=1S/C22H21FN6O3S/c1-13-17(14(2)29-21(27-13)25-12-26-29)7-8-19(30)24-9-10-28-20(31)18(33-22(28)32)11-15-3-5-16(23)6-4-15/h3-6,11-12H,7-10H2,1-2H3,(H,24,30)/b18-11-. The van der Waals surface area contributed by atoms with Gasteiger partial charge in [0.15, 0.2) is 0 Å². The van der Waals surface area contributed by atoms with Gasteiger partial charge >= 0.3 is 0 Å². The van der Waals surface area contributed by atoms with Crippen LogP contribution in [0.3, 0.4) is 0 Å². The van der Waals surface area contributed by atoms with Gasteiger partial charge in [-0.15, -0.1) is 0 Å². The number of nitrogens with one attached hydrogen (secondary N) is 1. The van der Waals surface area contributed by atoms with Gasteiger partial charge in [-0.05, 0) is 61.4 Å². The second-order valence-corrected chi connectivity index (χ2v) is 8.46. The molecule has 0 aliphatic carbocycles. The highest BCUT2D eigenvalue weighted by Crippen LogP contribution is 2.31. The Balaban J connectivity index is 1.29. The molecule has 1 N–H and O–H groups in total. The molecule has 0 bridgehead atoms. The zero-order valence-corrected chi connectivity index (χ0v) is 18.9. The molecular formula is C22H21FN6O3S. The number of aryl methyl sites for hydroxylation is 2. The summed E-state index contributed by atoms with van der Waals surface area (Å²) in [6.07, 6.45) is 3.70. The minimum Gasteiger partial charge on any atom is -0.354 e. The number of fused-ring (bicyclic) bond motifs is 1. The number of thioether (sulfide) groups is 1. The van der Waals surface area contributed by atoms with Crippen molar-refractivity contribution in [3.8, 4) is 0 Å². The van der Waals surface area contributed by atoms with Crippen LogP contribution in [0.4, 0.5) is 9.18 Å². The number of rotatable bonds is 7. The smallest absolute Gasteiger partial charge is 0.293 e. The minimum absolute atomic E-state index is 0.0711. The van der Waals surface area contributed by atoms with Gasteiger partial charge in [0.05, 0.1) is 4.91 Å². The predicted molar refractivity (Wildman–Crippen MR) is 121 cm³/mol. The molecule has 0 spiro atoms. The van der Waals surface area contributed by atoms with Crippen LogP contribution in [0.25, 0.3) is 11.9 Å². The van der Waals surface area contributed by atoms with E-state index in [1.807, 2.05) is 13.8 Å². The molecule has 11 heteroatoms. The van der Waals surface area contributed by atoms with Gasteiger partial charge < -0.3 is 5.32 Å². The Morgan fingerprint density at radius 1 is 1.21 bits per heavy atom. The first-order chi connectivity index (χ1) is 15.8. The average Bonchev–Trinajstić information content (AvgIpc) is 3.35. The molecule has 3 amide bonds. The van der Waals surface area contributed by atoms with Crippen molar-refractivity contribution in [2.45, 2.75) is 26.7 Å². The van der Waals surface area contributed by atoms with Gasteiger partial charge in [-0.25, -0.2) is 13.9 Å². The van der Waals surface area contributed by atoms with Crippen molar-refractivity contribution < 1.29 is 18.8 Å². The van der Waals surface area contributed by atoms with E-state index in [2.05, 4.69) is 20.4 Å². The van der Waals surface area contributed by atoms with Gasteiger partial charge in [0.25, 0.3) is 16.9 Å². The SMILES string of the molecule is Cc1nc2ncnn2c(C)c1CCC(=O)NCCN1C(=O)S/C(=C\c2ccc(F)cc2)C1=O. The van der Waals surface area contributed by atoms with Crippen LogP contribution < -0.4 is 5.32 Å². The van der Waals surface area contributed by atoms with E-state index in [4.69, 9.17) is 0 Å². The van der Waals surface area contributed by atoms with E-state index in [0.717, 1.165) is 33.6 Å². The lowest BCUT2D eigenvalue weighted by Crippen LogP contribution is -2.37. The summed E-state index contributed by atoms with van der Waals surface area (Å²) in [5.41, 5.74) is 3.24. The fourth-order valence-electron chi connectivity index (χ4n) is 3.55. The number of aromatic nitrogens is 4. The molecule has 9 nitrogen and oxygen atoms in total. The van der Waals surface area contributed by atoms with E-state index in [0.29, 0.717) is 17.8 Å². The molecule has 0 radical (unpaired) electrons. The molecule has 0 atom stereocenters. The van der Waals surface area contributed by atoms with E-state index in [1.165, 1.54) is 30.6 Å². The molecule has 1 aliphatic rings. The summed E-state index contributed by atoms with van der Waals surface area (Å²) in [6, 6.07) is 5.63. The van der Waals surface area contributed by atoms with E-state index < -0.39 is 11.1 Å². The van der Waals surface area contributed by atoms with Crippen molar-refractivity contribution in [1.29, 1.82) is 0 Å². The van der Waals surface area contributed by atoms with E-state index in [-0.39, 0.29) is 36.1 Å². The maximum Gasteiger partial charge on any atom is 0.293 e. The zero-order chi connectivity index (χ0) is 23.5. The molecular weight excluding hydrogens is 447 g/mol. The third kappa shape index (κ3) is 4.92. The number of nitrogens with zero attached hydrogens (tertiary/aromatic N) is 5. The Labute approximate surface area is 193 Å². The lowest BCUT2D eigenvalue weighted by Gasteiger charge is -2.13. The molecule has 0 unspecified atom stereocenters. The molecule has 3 heterocycles. The number of halogens is 1. The van der Waals surface area contributed by atoms with Gasteiger partial charge in [0.1, 0.15) is 12.1 Å². The maximum atomic E-state index is 13.0. The molecule has 33 heavy (non-hydrogen) atoms. The predicted octanol–water partition coefficient (Wildman–Crippen LogP) is 2.67. The maximum absolute atomic E-state index is 13.0. The Hall–Kier alpha value is -3.60. The van der Waals surface area contributed by atoms with Crippen molar-refractivity contribution in [2.24, 2.45) is 0 Å². The Morgan fingerprint density at radius 2 is 1.97 bits per heavy atom. The van der Waals surface area contributed by atoms with Crippen LogP contribution in [-0.2, 0) is 16.0 Å². The molecule has 1 fully saturated rings. The quantitative estimate of drug-likeness (QED) is 0.531. The number of hydrogen-bond acceptors (Lipinski definition) is 7. The average molecular weight is 469 g/mol. The van der Waals surface area contributed by atoms with Crippen molar-refractivity contribution in [2.75, 3.05) is 13.1 Å². The number of hydrogen-bond donors (Lipinski definition) is 1. The van der Waals surface area contributed by atoms with Crippen LogP contribution in [0.2, 0.25) is 0 Å². The van der Waals surface area contributed by atoms with E-state index >= 15 is 0 Å². The van der Waals surface area contributed by atoms with Crippen LogP contribution >= 0.6 is 11.8 Å². The number of imide groups is 1. The van der Waals surface area contributed by atoms with Gasteiger partial charge in [-0.3, -0.25) is 19.3 Å². The van der Waals surface area contributed by atoms with Crippen molar-refractivity contribution >= 4 is 40.7 Å². The molecule has 4 rings (SSSR count). The van der Waals surface area contributed by atoms with Crippen LogP contribution in [0.1, 0.15) is 28.9 Å². The molecule has 1 aliphatic heterocycles. The van der Waals surface area contributed by atoms with Crippen molar-refractivity contribution in [3.63, 3.8) is 0 Å². The third-order valence-electron chi connectivity index (χ3n) is 5.29. The number of benzene rings is 1. The van der Waals surface area contributed by atoms with Crippen LogP contribution in [0.15, 0.2) is 35.5 Å². The zero-order valence-electron chi connectivity index (χ0n) is 18.0. The normalized spacial score (nSPS) is 15.1. The first-order valence-corrected chi connectivity index (χ1v) is 11.1. The minimum atomic E-state index is -0.429. The number of carbonyl (C=O) groups excluding carboxylic acids is 3. The summed E-state index contributed by atoms with van der Waals surface area (Å²) in [5, 5.41) is 6.49. The fourth-order valence-corrected chi connectivity index (χ4v) is 4.42. The monoisotopic (exact) mass is 468 g/mol. The Morgan fingerprint density at radius 3 is 2.73 bits per heavy atom. The molecule has 3 aromatic rings. The van der Waals surface area contributed by atoms with Gasteiger partial charge in [-0.1, -0.05) is 12.1 Å². The highest BCUT2D eigenvalue weighted by atomic mass is 32.2. The molecule has 1 saturated heterocycles. The number of amides is 3. The number of carbonyl (C=O) groups is 3. The molecule has 170 valence electrons. The summed E-state index contributed by atoms with van der Waals surface area (Å²) in [5.74, 6) is -0.483. The molecule has 1 aromatic carbocycles. The van der Waals surface area contributed by atoms with E-state index in [9.17, 15) is 18.8 Å². The third-order valence-corrected chi connectivity index (χ3v) is 6.20. The fraction of sp³-hybridized carbons (Fsp3) is 0.273. The Bertz CT molecular complexity index is 1270. The van der Waals surface area contributed by atoms with Crippen LogP contribution in [0.5, 0.6) is 0 Å². The van der Waals surface area contributed by atoms with Crippen molar-refractivity contribution in [1.82, 2.24) is 29.8 Å². The first-order valence-electron chi connectivity index (χ1n) is 10.3.